The van der Waals surface area contributed by atoms with E-state index in [2.05, 4.69) is 26.9 Å². The van der Waals surface area contributed by atoms with E-state index in [4.69, 9.17) is 0 Å². The number of anilines is 1. The van der Waals surface area contributed by atoms with E-state index in [1.165, 1.54) is 43.9 Å². The van der Waals surface area contributed by atoms with Crippen molar-refractivity contribution in [1.29, 1.82) is 0 Å². The Kier molecular flexibility index (Phi) is 6.48. The third-order valence-corrected chi connectivity index (χ3v) is 7.45. The van der Waals surface area contributed by atoms with Gasteiger partial charge in [0.25, 0.3) is 15.6 Å². The molecule has 0 aliphatic heterocycles. The van der Waals surface area contributed by atoms with Crippen molar-refractivity contribution in [3.8, 4) is 0 Å². The van der Waals surface area contributed by atoms with Gasteiger partial charge in [-0.2, -0.15) is 0 Å². The van der Waals surface area contributed by atoms with Crippen molar-refractivity contribution in [3.63, 3.8) is 0 Å². The number of rotatable bonds is 8. The molecule has 0 amide bonds. The number of benzene rings is 2. The molecule has 1 heterocycles. The van der Waals surface area contributed by atoms with Crippen LogP contribution in [0.2, 0.25) is 0 Å². The first kappa shape index (κ1) is 22.3. The van der Waals surface area contributed by atoms with E-state index in [0.29, 0.717) is 18.3 Å². The highest BCUT2D eigenvalue weighted by Crippen LogP contribution is 2.28. The fraction of sp³-hybridized carbons (Fsp3) is 0.391. The fourth-order valence-electron chi connectivity index (χ4n) is 4.40. The SMILES string of the molecule is C[C@@H](CC1CCCC1)NCc1ccccc1NS(=O)(=O)c1ccc2[nH]c(=O)[nH]c(=O)c2c1. The first-order valence-electron chi connectivity index (χ1n) is 10.9. The average molecular weight is 457 g/mol. The number of hydrogen-bond acceptors (Lipinski definition) is 5. The number of aromatic amines is 2. The molecule has 3 aromatic rings. The van der Waals surface area contributed by atoms with Crippen LogP contribution in [0.4, 0.5) is 5.69 Å². The molecule has 0 saturated heterocycles. The number of sulfonamides is 1. The lowest BCUT2D eigenvalue weighted by Gasteiger charge is -2.19. The van der Waals surface area contributed by atoms with Crippen molar-refractivity contribution in [3.05, 3.63) is 68.9 Å². The van der Waals surface area contributed by atoms with Crippen LogP contribution < -0.4 is 21.3 Å². The van der Waals surface area contributed by atoms with Gasteiger partial charge in [-0.1, -0.05) is 43.9 Å². The molecule has 1 saturated carbocycles. The molecule has 0 unspecified atom stereocenters. The molecular weight excluding hydrogens is 428 g/mol. The van der Waals surface area contributed by atoms with Gasteiger partial charge in [-0.05, 0) is 49.1 Å². The minimum atomic E-state index is -3.93. The van der Waals surface area contributed by atoms with Crippen LogP contribution in [0.1, 0.15) is 44.6 Å². The Morgan fingerprint density at radius 2 is 1.81 bits per heavy atom. The van der Waals surface area contributed by atoms with Crippen LogP contribution in [0.3, 0.4) is 0 Å². The Labute approximate surface area is 186 Å². The summed E-state index contributed by atoms with van der Waals surface area (Å²) in [5, 5.41) is 3.61. The first-order chi connectivity index (χ1) is 15.3. The highest BCUT2D eigenvalue weighted by atomic mass is 32.2. The summed E-state index contributed by atoms with van der Waals surface area (Å²) in [6.07, 6.45) is 6.36. The topological polar surface area (TPSA) is 124 Å². The van der Waals surface area contributed by atoms with E-state index >= 15 is 0 Å². The van der Waals surface area contributed by atoms with E-state index < -0.39 is 21.3 Å². The van der Waals surface area contributed by atoms with Crippen molar-refractivity contribution >= 4 is 26.6 Å². The predicted molar refractivity (Wildman–Crippen MR) is 125 cm³/mol. The van der Waals surface area contributed by atoms with Gasteiger partial charge in [0, 0.05) is 12.6 Å². The largest absolute Gasteiger partial charge is 0.326 e. The van der Waals surface area contributed by atoms with E-state index in [0.717, 1.165) is 17.9 Å². The van der Waals surface area contributed by atoms with Crippen LogP contribution in [-0.2, 0) is 16.6 Å². The van der Waals surface area contributed by atoms with Crippen molar-refractivity contribution in [2.45, 2.75) is 56.5 Å². The summed E-state index contributed by atoms with van der Waals surface area (Å²) < 4.78 is 28.7. The lowest BCUT2D eigenvalue weighted by molar-refractivity contribution is 0.404. The second-order valence-electron chi connectivity index (χ2n) is 8.55. The maximum Gasteiger partial charge on any atom is 0.326 e. The van der Waals surface area contributed by atoms with Crippen molar-refractivity contribution in [2.24, 2.45) is 5.92 Å². The zero-order chi connectivity index (χ0) is 22.7. The van der Waals surface area contributed by atoms with Gasteiger partial charge in [0.05, 0.1) is 21.5 Å². The minimum Gasteiger partial charge on any atom is -0.310 e. The van der Waals surface area contributed by atoms with E-state index in [1.54, 1.807) is 12.1 Å². The highest BCUT2D eigenvalue weighted by molar-refractivity contribution is 7.92. The Morgan fingerprint density at radius 3 is 2.59 bits per heavy atom. The molecule has 0 bridgehead atoms. The molecule has 0 spiro atoms. The van der Waals surface area contributed by atoms with Gasteiger partial charge in [-0.3, -0.25) is 14.5 Å². The van der Waals surface area contributed by atoms with Gasteiger partial charge < -0.3 is 10.3 Å². The molecular formula is C23H28N4O4S. The summed E-state index contributed by atoms with van der Waals surface area (Å²) in [4.78, 5) is 28.0. The molecule has 1 atom stereocenters. The molecule has 0 radical (unpaired) electrons. The zero-order valence-electron chi connectivity index (χ0n) is 18.0. The molecule has 1 aliphatic carbocycles. The van der Waals surface area contributed by atoms with Crippen molar-refractivity contribution in [2.75, 3.05) is 4.72 Å². The molecule has 4 N–H and O–H groups in total. The number of aromatic nitrogens is 2. The highest BCUT2D eigenvalue weighted by Gasteiger charge is 2.19. The van der Waals surface area contributed by atoms with Crippen LogP contribution in [0, 0.1) is 5.92 Å². The molecule has 8 nitrogen and oxygen atoms in total. The molecule has 4 rings (SSSR count). The lowest BCUT2D eigenvalue weighted by atomic mass is 9.99. The normalized spacial score (nSPS) is 15.8. The summed E-state index contributed by atoms with van der Waals surface area (Å²) in [7, 11) is -3.93. The van der Waals surface area contributed by atoms with Gasteiger partial charge in [0.15, 0.2) is 0 Å². The molecule has 2 aromatic carbocycles. The molecule has 1 aliphatic rings. The van der Waals surface area contributed by atoms with Crippen LogP contribution in [0.25, 0.3) is 10.9 Å². The summed E-state index contributed by atoms with van der Waals surface area (Å²) in [5.74, 6) is 0.775. The maximum atomic E-state index is 13.0. The number of nitrogens with one attached hydrogen (secondary N) is 4. The second-order valence-corrected chi connectivity index (χ2v) is 10.2. The fourth-order valence-corrected chi connectivity index (χ4v) is 5.53. The molecule has 1 fully saturated rings. The molecule has 32 heavy (non-hydrogen) atoms. The van der Waals surface area contributed by atoms with Crippen LogP contribution in [0.5, 0.6) is 0 Å². The van der Waals surface area contributed by atoms with Gasteiger partial charge in [-0.15, -0.1) is 0 Å². The average Bonchev–Trinajstić information content (AvgIpc) is 3.25. The van der Waals surface area contributed by atoms with E-state index in [9.17, 15) is 18.0 Å². The van der Waals surface area contributed by atoms with Crippen LogP contribution in [-0.4, -0.2) is 24.4 Å². The van der Waals surface area contributed by atoms with Gasteiger partial charge >= 0.3 is 5.69 Å². The van der Waals surface area contributed by atoms with Gasteiger partial charge in [0.1, 0.15) is 0 Å². The number of hydrogen-bond donors (Lipinski definition) is 4. The van der Waals surface area contributed by atoms with E-state index in [-0.39, 0.29) is 15.8 Å². The van der Waals surface area contributed by atoms with Crippen LogP contribution >= 0.6 is 0 Å². The number of para-hydroxylation sites is 1. The Morgan fingerprint density at radius 1 is 1.06 bits per heavy atom. The number of H-pyrrole nitrogens is 2. The quantitative estimate of drug-likeness (QED) is 0.415. The zero-order valence-corrected chi connectivity index (χ0v) is 18.8. The monoisotopic (exact) mass is 456 g/mol. The van der Waals surface area contributed by atoms with Gasteiger partial charge in [-0.25, -0.2) is 13.2 Å². The molecule has 9 heteroatoms. The lowest BCUT2D eigenvalue weighted by Crippen LogP contribution is -2.28. The predicted octanol–water partition coefficient (Wildman–Crippen LogP) is 3.08. The number of fused-ring (bicyclic) bond motifs is 1. The Balaban J connectivity index is 1.51. The smallest absolute Gasteiger partial charge is 0.310 e. The Hall–Kier alpha value is -2.91. The van der Waals surface area contributed by atoms with Gasteiger partial charge in [0.2, 0.25) is 0 Å². The minimum absolute atomic E-state index is 0.0556. The third kappa shape index (κ3) is 5.11. The first-order valence-corrected chi connectivity index (χ1v) is 12.4. The maximum absolute atomic E-state index is 13.0. The molecule has 1 aromatic heterocycles. The van der Waals surface area contributed by atoms with Crippen LogP contribution in [0.15, 0.2) is 56.9 Å². The van der Waals surface area contributed by atoms with E-state index in [1.807, 2.05) is 12.1 Å². The standard InChI is InChI=1S/C23H28N4O4S/c1-15(12-16-6-2-3-7-16)24-14-17-8-4-5-9-20(17)27-32(30,31)18-10-11-21-19(13-18)22(28)26-23(29)25-21/h4-5,8-11,13,15-16,24,27H,2-3,6-7,12,14H2,1H3,(H2,25,26,28,29)/t15-/m0/s1. The summed E-state index contributed by atoms with van der Waals surface area (Å²) in [5.41, 5.74) is 0.334. The van der Waals surface area contributed by atoms with Crippen molar-refractivity contribution in [1.82, 2.24) is 15.3 Å². The summed E-state index contributed by atoms with van der Waals surface area (Å²) in [6, 6.07) is 11.7. The second kappa shape index (κ2) is 9.30. The molecule has 170 valence electrons. The van der Waals surface area contributed by atoms with Crippen molar-refractivity contribution < 1.29 is 8.42 Å². The Bertz CT molecular complexity index is 1320. The summed E-state index contributed by atoms with van der Waals surface area (Å²) in [6.45, 7) is 2.72. The summed E-state index contributed by atoms with van der Waals surface area (Å²) >= 11 is 0. The third-order valence-electron chi connectivity index (χ3n) is 6.09.